The molecule has 0 bridgehead atoms. The Morgan fingerprint density at radius 2 is 1.96 bits per heavy atom. The molecule has 0 spiro atoms. The third kappa shape index (κ3) is 4.13. The fourth-order valence-electron chi connectivity index (χ4n) is 2.85. The van der Waals surface area contributed by atoms with Gasteiger partial charge in [0.15, 0.2) is 0 Å². The number of carbonyl (C=O) groups is 3. The zero-order valence-electron chi connectivity index (χ0n) is 15.6. The summed E-state index contributed by atoms with van der Waals surface area (Å²) in [6.45, 7) is 6.45. The van der Waals surface area contributed by atoms with Crippen LogP contribution in [0.5, 0.6) is 5.75 Å². The van der Waals surface area contributed by atoms with Gasteiger partial charge in [-0.3, -0.25) is 14.5 Å². The summed E-state index contributed by atoms with van der Waals surface area (Å²) < 4.78 is 5.11. The van der Waals surface area contributed by atoms with Crippen molar-refractivity contribution in [1.82, 2.24) is 20.9 Å². The van der Waals surface area contributed by atoms with Crippen LogP contribution in [0, 0.1) is 0 Å². The Balaban J connectivity index is 2.04. The lowest BCUT2D eigenvalue weighted by atomic mass is 9.92. The first kappa shape index (κ1) is 19.7. The minimum atomic E-state index is -1.21. The van der Waals surface area contributed by atoms with E-state index in [4.69, 9.17) is 4.74 Å². The van der Waals surface area contributed by atoms with E-state index >= 15 is 0 Å². The van der Waals surface area contributed by atoms with Crippen LogP contribution in [0.1, 0.15) is 26.3 Å². The molecule has 1 aliphatic rings. The number of hydrogen-bond acceptors (Lipinski definition) is 5. The van der Waals surface area contributed by atoms with Crippen molar-refractivity contribution < 1.29 is 19.1 Å². The van der Waals surface area contributed by atoms with Crippen LogP contribution < -0.4 is 20.7 Å². The van der Waals surface area contributed by atoms with Crippen LogP contribution in [0.4, 0.5) is 4.79 Å². The first-order chi connectivity index (χ1) is 12.3. The summed E-state index contributed by atoms with van der Waals surface area (Å²) >= 11 is 0. The molecule has 0 saturated carbocycles. The van der Waals surface area contributed by atoms with E-state index in [1.54, 1.807) is 38.3 Å². The smallest absolute Gasteiger partial charge is 0.325 e. The standard InChI is InChI=1S/C18H26N4O4/c1-5-19-12(2)10-20-15(23)11-22-16(24)18(3,21-17(22)25)13-6-8-14(26-4)9-7-13/h6-9,12,19H,5,10-11H2,1-4H3,(H,20,23)(H,21,25)/t12-,18?/m1/s1. The number of ether oxygens (including phenoxy) is 1. The molecule has 142 valence electrons. The monoisotopic (exact) mass is 362 g/mol. The van der Waals surface area contributed by atoms with Crippen LogP contribution in [0.25, 0.3) is 0 Å². The van der Waals surface area contributed by atoms with Gasteiger partial charge in [-0.25, -0.2) is 4.79 Å². The van der Waals surface area contributed by atoms with Crippen LogP contribution in [0.3, 0.4) is 0 Å². The molecule has 1 aromatic rings. The predicted molar refractivity (Wildman–Crippen MR) is 96.7 cm³/mol. The third-order valence-corrected chi connectivity index (χ3v) is 4.40. The van der Waals surface area contributed by atoms with E-state index in [-0.39, 0.29) is 18.5 Å². The molecule has 2 atom stereocenters. The fourth-order valence-corrected chi connectivity index (χ4v) is 2.85. The van der Waals surface area contributed by atoms with Crippen LogP contribution in [-0.2, 0) is 15.1 Å². The van der Waals surface area contributed by atoms with Gasteiger partial charge < -0.3 is 20.7 Å². The molecule has 1 aromatic carbocycles. The minimum absolute atomic E-state index is 0.108. The first-order valence-corrected chi connectivity index (χ1v) is 8.60. The second-order valence-electron chi connectivity index (χ2n) is 6.44. The van der Waals surface area contributed by atoms with Gasteiger partial charge in [-0.2, -0.15) is 0 Å². The van der Waals surface area contributed by atoms with Crippen molar-refractivity contribution in [3.8, 4) is 5.75 Å². The van der Waals surface area contributed by atoms with Crippen molar-refractivity contribution in [2.24, 2.45) is 0 Å². The molecule has 0 radical (unpaired) electrons. The van der Waals surface area contributed by atoms with Crippen LogP contribution in [0.15, 0.2) is 24.3 Å². The molecule has 0 aliphatic carbocycles. The Labute approximate surface area is 153 Å². The Hall–Kier alpha value is -2.61. The van der Waals surface area contributed by atoms with E-state index in [0.29, 0.717) is 17.9 Å². The highest BCUT2D eigenvalue weighted by molar-refractivity contribution is 6.09. The maximum atomic E-state index is 12.8. The fraction of sp³-hybridized carbons (Fsp3) is 0.500. The van der Waals surface area contributed by atoms with Gasteiger partial charge >= 0.3 is 6.03 Å². The lowest BCUT2D eigenvalue weighted by Gasteiger charge is -2.22. The van der Waals surface area contributed by atoms with Gasteiger partial charge in [-0.15, -0.1) is 0 Å². The van der Waals surface area contributed by atoms with E-state index in [0.717, 1.165) is 11.4 Å². The number of nitrogens with one attached hydrogen (secondary N) is 3. The van der Waals surface area contributed by atoms with Gasteiger partial charge in [0.2, 0.25) is 5.91 Å². The van der Waals surface area contributed by atoms with Gasteiger partial charge in [0.05, 0.1) is 7.11 Å². The molecule has 4 amide bonds. The Morgan fingerprint density at radius 3 is 2.54 bits per heavy atom. The first-order valence-electron chi connectivity index (χ1n) is 8.60. The predicted octanol–water partition coefficient (Wildman–Crippen LogP) is 0.576. The summed E-state index contributed by atoms with van der Waals surface area (Å²) in [7, 11) is 1.55. The van der Waals surface area contributed by atoms with Gasteiger partial charge in [0.25, 0.3) is 5.91 Å². The van der Waals surface area contributed by atoms with Crippen molar-refractivity contribution >= 4 is 17.8 Å². The maximum Gasteiger partial charge on any atom is 0.325 e. The summed E-state index contributed by atoms with van der Waals surface area (Å²) in [6.07, 6.45) is 0. The summed E-state index contributed by atoms with van der Waals surface area (Å²) in [5.41, 5.74) is -0.582. The van der Waals surface area contributed by atoms with Gasteiger partial charge in [-0.1, -0.05) is 19.1 Å². The number of hydrogen-bond donors (Lipinski definition) is 3. The average Bonchev–Trinajstić information content (AvgIpc) is 2.84. The second-order valence-corrected chi connectivity index (χ2v) is 6.44. The third-order valence-electron chi connectivity index (χ3n) is 4.40. The summed E-state index contributed by atoms with van der Waals surface area (Å²) in [4.78, 5) is 38.1. The number of methoxy groups -OCH3 is 1. The summed E-state index contributed by atoms with van der Waals surface area (Å²) in [6, 6.07) is 6.41. The molecule has 2 rings (SSSR count). The average molecular weight is 362 g/mol. The normalized spacial score (nSPS) is 20.7. The number of benzene rings is 1. The van der Waals surface area contributed by atoms with E-state index in [1.165, 1.54) is 0 Å². The lowest BCUT2D eigenvalue weighted by Crippen LogP contribution is -2.45. The highest BCUT2D eigenvalue weighted by Gasteiger charge is 2.49. The molecule has 1 fully saturated rings. The van der Waals surface area contributed by atoms with Gasteiger partial charge in [-0.05, 0) is 38.1 Å². The van der Waals surface area contributed by atoms with E-state index in [9.17, 15) is 14.4 Å². The molecular weight excluding hydrogens is 336 g/mol. The van der Waals surface area contributed by atoms with Crippen molar-refractivity contribution in [3.63, 3.8) is 0 Å². The van der Waals surface area contributed by atoms with Gasteiger partial charge in [0, 0.05) is 12.6 Å². The number of likely N-dealkylation sites (N-methyl/N-ethyl adjacent to an activating group) is 1. The number of rotatable bonds is 8. The molecule has 0 aromatic heterocycles. The Kier molecular flexibility index (Phi) is 6.20. The topological polar surface area (TPSA) is 99.8 Å². The number of imide groups is 1. The molecule has 3 N–H and O–H groups in total. The van der Waals surface area contributed by atoms with Crippen molar-refractivity contribution in [2.45, 2.75) is 32.4 Å². The Bertz CT molecular complexity index is 676. The van der Waals surface area contributed by atoms with Gasteiger partial charge in [0.1, 0.15) is 17.8 Å². The molecule has 26 heavy (non-hydrogen) atoms. The van der Waals surface area contributed by atoms with Crippen molar-refractivity contribution in [2.75, 3.05) is 26.7 Å². The van der Waals surface area contributed by atoms with Crippen molar-refractivity contribution in [1.29, 1.82) is 0 Å². The van der Waals surface area contributed by atoms with E-state index in [1.807, 2.05) is 13.8 Å². The molecule has 1 unspecified atom stereocenters. The van der Waals surface area contributed by atoms with Crippen molar-refractivity contribution in [3.05, 3.63) is 29.8 Å². The van der Waals surface area contributed by atoms with E-state index < -0.39 is 17.5 Å². The zero-order valence-corrected chi connectivity index (χ0v) is 15.6. The molecular formula is C18H26N4O4. The number of carbonyl (C=O) groups excluding carboxylic acids is 3. The second kappa shape index (κ2) is 8.18. The lowest BCUT2D eigenvalue weighted by molar-refractivity contribution is -0.134. The molecule has 8 heteroatoms. The van der Waals surface area contributed by atoms with Crippen LogP contribution in [0.2, 0.25) is 0 Å². The zero-order chi connectivity index (χ0) is 19.3. The van der Waals surface area contributed by atoms with Crippen LogP contribution >= 0.6 is 0 Å². The van der Waals surface area contributed by atoms with E-state index in [2.05, 4.69) is 16.0 Å². The molecule has 1 saturated heterocycles. The number of nitrogens with zero attached hydrogens (tertiary/aromatic N) is 1. The number of urea groups is 1. The Morgan fingerprint density at radius 1 is 1.31 bits per heavy atom. The highest BCUT2D eigenvalue weighted by Crippen LogP contribution is 2.29. The number of amides is 4. The molecule has 8 nitrogen and oxygen atoms in total. The highest BCUT2D eigenvalue weighted by atomic mass is 16.5. The minimum Gasteiger partial charge on any atom is -0.497 e. The van der Waals surface area contributed by atoms with Crippen LogP contribution in [-0.4, -0.2) is 55.5 Å². The summed E-state index contributed by atoms with van der Waals surface area (Å²) in [5, 5.41) is 8.58. The maximum absolute atomic E-state index is 12.8. The quantitative estimate of drug-likeness (QED) is 0.588. The molecule has 1 heterocycles. The SMILES string of the molecule is CCN[C@H](C)CNC(=O)CN1C(=O)NC(C)(c2ccc(OC)cc2)C1=O. The molecule has 1 aliphatic heterocycles. The largest absolute Gasteiger partial charge is 0.497 e. The summed E-state index contributed by atoms with van der Waals surface area (Å²) in [5.74, 6) is -0.181.